The van der Waals surface area contributed by atoms with Crippen LogP contribution in [-0.2, 0) is 32.6 Å². The van der Waals surface area contributed by atoms with Gasteiger partial charge in [-0.05, 0) is 76.5 Å². The summed E-state index contributed by atoms with van der Waals surface area (Å²) < 4.78 is 18.7. The number of aryl methyl sites for hydroxylation is 3. The van der Waals surface area contributed by atoms with Crippen molar-refractivity contribution < 1.29 is 23.8 Å². The molecule has 40 heavy (non-hydrogen) atoms. The van der Waals surface area contributed by atoms with Gasteiger partial charge in [-0.3, -0.25) is 14.8 Å². The number of unbranched alkanes of at least 4 members (excludes halogenated alkanes) is 1. The first-order valence-electron chi connectivity index (χ1n) is 14.2. The van der Waals surface area contributed by atoms with E-state index in [2.05, 4.69) is 32.7 Å². The predicted molar refractivity (Wildman–Crippen MR) is 149 cm³/mol. The Balaban J connectivity index is 1.32. The van der Waals surface area contributed by atoms with Crippen molar-refractivity contribution >= 4 is 17.7 Å². The molecule has 2 aliphatic rings. The summed E-state index contributed by atoms with van der Waals surface area (Å²) in [6.07, 6.45) is 8.69. The van der Waals surface area contributed by atoms with Crippen LogP contribution in [0.1, 0.15) is 61.2 Å². The van der Waals surface area contributed by atoms with Gasteiger partial charge in [-0.1, -0.05) is 6.07 Å². The van der Waals surface area contributed by atoms with Crippen molar-refractivity contribution in [1.29, 1.82) is 0 Å². The number of ether oxygens (including phenoxy) is 1. The number of hydrogen-bond acceptors (Lipinski definition) is 8. The van der Waals surface area contributed by atoms with Crippen LogP contribution in [0, 0.1) is 6.92 Å². The van der Waals surface area contributed by atoms with Crippen molar-refractivity contribution in [2.24, 2.45) is 0 Å². The number of hydrogen-bond donors (Lipinski definition) is 3. The first-order chi connectivity index (χ1) is 19.4. The van der Waals surface area contributed by atoms with Crippen LogP contribution in [0.5, 0.6) is 0 Å². The Hall–Kier alpha value is -3.18. The summed E-state index contributed by atoms with van der Waals surface area (Å²) in [6.45, 7) is 3.51. The largest absolute Gasteiger partial charge is 0.480 e. The van der Waals surface area contributed by atoms with Crippen molar-refractivity contribution in [2.75, 3.05) is 45.3 Å². The topological polar surface area (TPSA) is 130 Å². The van der Waals surface area contributed by atoms with E-state index in [-0.39, 0.29) is 12.3 Å². The van der Waals surface area contributed by atoms with E-state index in [0.717, 1.165) is 50.2 Å². The van der Waals surface area contributed by atoms with Crippen LogP contribution < -0.4 is 10.6 Å². The number of aliphatic carboxylic acids is 1. The average molecular weight is 557 g/mol. The van der Waals surface area contributed by atoms with Crippen LogP contribution in [0.15, 0.2) is 24.5 Å². The Kier molecular flexibility index (Phi) is 10.4. The van der Waals surface area contributed by atoms with Crippen LogP contribution >= 0.6 is 0 Å². The summed E-state index contributed by atoms with van der Waals surface area (Å²) in [4.78, 5) is 40.7. The Morgan fingerprint density at radius 2 is 2.02 bits per heavy atom. The fraction of sp³-hybridized carbons (Fsp3) is 0.621. The molecular formula is C29H41FN6O4. The lowest BCUT2D eigenvalue weighted by Gasteiger charge is -2.27. The van der Waals surface area contributed by atoms with Crippen LogP contribution in [0.4, 0.5) is 10.2 Å². The van der Waals surface area contributed by atoms with E-state index in [1.165, 1.54) is 12.7 Å². The minimum absolute atomic E-state index is 0.192. The maximum Gasteiger partial charge on any atom is 0.326 e. The second kappa shape index (κ2) is 13.9. The number of halogens is 1. The third kappa shape index (κ3) is 7.51. The van der Waals surface area contributed by atoms with Gasteiger partial charge in [0.15, 0.2) is 0 Å². The molecule has 1 fully saturated rings. The van der Waals surface area contributed by atoms with Gasteiger partial charge in [-0.15, -0.1) is 0 Å². The number of aromatic nitrogens is 3. The summed E-state index contributed by atoms with van der Waals surface area (Å²) in [5, 5.41) is 16.0. The average Bonchev–Trinajstić information content (AvgIpc) is 3.77. The number of fused-ring (bicyclic) bond motifs is 1. The number of carbonyl (C=O) groups excluding carboxylic acids is 1. The van der Waals surface area contributed by atoms with Crippen molar-refractivity contribution in [3.05, 3.63) is 47.2 Å². The molecule has 2 aromatic heterocycles. The molecule has 1 aliphatic carbocycles. The molecule has 1 amide bonds. The zero-order valence-corrected chi connectivity index (χ0v) is 23.5. The lowest BCUT2D eigenvalue weighted by molar-refractivity contribution is -0.142. The highest BCUT2D eigenvalue weighted by atomic mass is 19.1. The van der Waals surface area contributed by atoms with Gasteiger partial charge in [0.05, 0.1) is 22.9 Å². The first-order valence-corrected chi connectivity index (χ1v) is 14.2. The third-order valence-corrected chi connectivity index (χ3v) is 7.93. The number of amides is 1. The third-order valence-electron chi connectivity index (χ3n) is 7.93. The summed E-state index contributed by atoms with van der Waals surface area (Å²) in [7, 11) is 1.47. The smallest absolute Gasteiger partial charge is 0.326 e. The highest BCUT2D eigenvalue weighted by Crippen LogP contribution is 2.48. The van der Waals surface area contributed by atoms with Crippen LogP contribution in [0.25, 0.3) is 0 Å². The predicted octanol–water partition coefficient (Wildman–Crippen LogP) is 2.84. The molecule has 0 saturated heterocycles. The Morgan fingerprint density at radius 1 is 1.23 bits per heavy atom. The molecule has 3 heterocycles. The molecule has 2 unspecified atom stereocenters. The minimum Gasteiger partial charge on any atom is -0.480 e. The molecule has 0 spiro atoms. The monoisotopic (exact) mass is 556 g/mol. The molecule has 2 atom stereocenters. The second-order valence-electron chi connectivity index (χ2n) is 10.8. The molecule has 1 saturated carbocycles. The molecule has 10 nitrogen and oxygen atoms in total. The molecule has 218 valence electrons. The van der Waals surface area contributed by atoms with E-state index >= 15 is 0 Å². The maximum absolute atomic E-state index is 13.5. The standard InChI is InChI=1S/C29H41FN6O4/c1-20-25(32-15-14-31-20)29(11-12-29)28(39)35-24(27(37)38)10-17-36(19-23(18-30)40-2)16-4-3-7-22-9-8-21-6-5-13-33-26(21)34-22/h8-9,14-15,23-24H,3-7,10-13,16-19H2,1-2H3,(H,33,34)(H,35,39)(H,37,38). The summed E-state index contributed by atoms with van der Waals surface area (Å²) in [5.74, 6) is -0.443. The van der Waals surface area contributed by atoms with Gasteiger partial charge in [0.2, 0.25) is 5.91 Å². The zero-order chi connectivity index (χ0) is 28.5. The van der Waals surface area contributed by atoms with Crippen LogP contribution in [0.3, 0.4) is 0 Å². The van der Waals surface area contributed by atoms with Gasteiger partial charge >= 0.3 is 5.97 Å². The summed E-state index contributed by atoms with van der Waals surface area (Å²) in [6, 6.07) is 3.17. The highest BCUT2D eigenvalue weighted by Gasteiger charge is 2.54. The fourth-order valence-electron chi connectivity index (χ4n) is 5.36. The van der Waals surface area contributed by atoms with Gasteiger partial charge in [0.25, 0.3) is 0 Å². The number of rotatable bonds is 16. The van der Waals surface area contributed by atoms with Crippen molar-refractivity contribution in [3.63, 3.8) is 0 Å². The maximum atomic E-state index is 13.5. The minimum atomic E-state index is -1.10. The summed E-state index contributed by atoms with van der Waals surface area (Å²) in [5.41, 5.74) is 2.76. The summed E-state index contributed by atoms with van der Waals surface area (Å²) >= 11 is 0. The van der Waals surface area contributed by atoms with E-state index in [1.807, 2.05) is 4.90 Å². The molecule has 3 N–H and O–H groups in total. The van der Waals surface area contributed by atoms with Gasteiger partial charge < -0.3 is 25.4 Å². The molecular weight excluding hydrogens is 515 g/mol. The van der Waals surface area contributed by atoms with Gasteiger partial charge in [-0.25, -0.2) is 14.2 Å². The number of nitrogens with one attached hydrogen (secondary N) is 2. The zero-order valence-electron chi connectivity index (χ0n) is 23.5. The molecule has 2 aromatic rings. The van der Waals surface area contributed by atoms with Crippen molar-refractivity contribution in [2.45, 2.75) is 75.9 Å². The number of anilines is 1. The van der Waals surface area contributed by atoms with E-state index in [9.17, 15) is 19.1 Å². The molecule has 0 bridgehead atoms. The van der Waals surface area contributed by atoms with E-state index in [4.69, 9.17) is 9.72 Å². The van der Waals surface area contributed by atoms with Crippen LogP contribution in [-0.4, -0.2) is 88.9 Å². The Bertz CT molecular complexity index is 1160. The normalized spacial score (nSPS) is 17.0. The number of nitrogens with zero attached hydrogens (tertiary/aromatic N) is 4. The van der Waals surface area contributed by atoms with E-state index in [0.29, 0.717) is 43.9 Å². The Morgan fingerprint density at radius 3 is 2.73 bits per heavy atom. The Labute approximate surface area is 235 Å². The molecule has 1 aliphatic heterocycles. The number of methoxy groups -OCH3 is 1. The highest BCUT2D eigenvalue weighted by molar-refractivity contribution is 5.93. The van der Waals surface area contributed by atoms with Gasteiger partial charge in [0.1, 0.15) is 18.5 Å². The lowest BCUT2D eigenvalue weighted by Crippen LogP contribution is -2.48. The lowest BCUT2D eigenvalue weighted by atomic mass is 9.98. The first kappa shape index (κ1) is 29.8. The van der Waals surface area contributed by atoms with Crippen LogP contribution in [0.2, 0.25) is 0 Å². The number of pyridine rings is 1. The molecule has 0 aromatic carbocycles. The fourth-order valence-corrected chi connectivity index (χ4v) is 5.36. The number of carbonyl (C=O) groups is 2. The van der Waals surface area contributed by atoms with Gasteiger partial charge in [0, 0.05) is 44.8 Å². The quantitative estimate of drug-likeness (QED) is 0.267. The number of carboxylic acids is 1. The SMILES string of the molecule is COC(CF)CN(CCCCc1ccc2c(n1)NCCC2)CCC(NC(=O)C1(c2nccnc2C)CC1)C(=O)O. The number of alkyl halides is 1. The van der Waals surface area contributed by atoms with Gasteiger partial charge in [-0.2, -0.15) is 0 Å². The molecule has 11 heteroatoms. The molecule has 0 radical (unpaired) electrons. The molecule has 4 rings (SSSR count). The second-order valence-corrected chi connectivity index (χ2v) is 10.8. The van der Waals surface area contributed by atoms with Crippen molar-refractivity contribution in [1.82, 2.24) is 25.2 Å². The number of carboxylic acid groups (broad SMARTS) is 1. The van der Waals surface area contributed by atoms with E-state index < -0.39 is 30.2 Å². The van der Waals surface area contributed by atoms with E-state index in [1.54, 1.807) is 19.3 Å². The van der Waals surface area contributed by atoms with Crippen molar-refractivity contribution in [3.8, 4) is 0 Å².